The summed E-state index contributed by atoms with van der Waals surface area (Å²) in [4.78, 5) is 23.8. The Balaban J connectivity index is 3.17. The second-order valence-corrected chi connectivity index (χ2v) is 4.29. The largest absolute Gasteiger partial charge is 0.314 e. The quantitative estimate of drug-likeness (QED) is 0.708. The van der Waals surface area contributed by atoms with E-state index in [1.165, 1.54) is 0 Å². The molecule has 0 radical (unpaired) electrons. The third-order valence-corrected chi connectivity index (χ3v) is 2.77. The summed E-state index contributed by atoms with van der Waals surface area (Å²) in [6.45, 7) is 6.61. The Labute approximate surface area is 102 Å². The second kappa shape index (κ2) is 6.18. The minimum absolute atomic E-state index is 0.589. The topological polar surface area (TPSA) is 37.4 Å². The molecule has 0 unspecified atom stereocenters. The molecular formula is C14H19NO2. The molecule has 0 heterocycles. The number of aryl methyl sites for hydroxylation is 2. The Bertz CT molecular complexity index is 413. The van der Waals surface area contributed by atoms with Crippen molar-refractivity contribution in [3.8, 4) is 0 Å². The molecule has 0 aliphatic rings. The summed E-state index contributed by atoms with van der Waals surface area (Å²) in [6, 6.07) is 3.81. The molecule has 0 aliphatic heterocycles. The average molecular weight is 233 g/mol. The van der Waals surface area contributed by atoms with E-state index < -0.39 is 0 Å². The molecule has 0 N–H and O–H groups in total. The first kappa shape index (κ1) is 13.4. The van der Waals surface area contributed by atoms with Crippen molar-refractivity contribution < 1.29 is 9.59 Å². The van der Waals surface area contributed by atoms with Crippen molar-refractivity contribution in [2.75, 3.05) is 11.4 Å². The number of hydrogen-bond donors (Lipinski definition) is 0. The van der Waals surface area contributed by atoms with Crippen molar-refractivity contribution in [3.63, 3.8) is 0 Å². The second-order valence-electron chi connectivity index (χ2n) is 4.29. The summed E-state index contributed by atoms with van der Waals surface area (Å²) in [5, 5.41) is 0. The highest BCUT2D eigenvalue weighted by atomic mass is 16.1. The van der Waals surface area contributed by atoms with E-state index >= 15 is 0 Å². The Morgan fingerprint density at radius 2 is 1.94 bits per heavy atom. The number of hydrogen-bond acceptors (Lipinski definition) is 2. The molecule has 0 aromatic heterocycles. The van der Waals surface area contributed by atoms with Gasteiger partial charge in [0.05, 0.1) is 5.69 Å². The zero-order valence-corrected chi connectivity index (χ0v) is 10.7. The van der Waals surface area contributed by atoms with E-state index in [0.717, 1.165) is 42.4 Å². The number of carbonyl (C=O) groups is 2. The monoisotopic (exact) mass is 233 g/mol. The van der Waals surface area contributed by atoms with E-state index in [-0.39, 0.29) is 0 Å². The van der Waals surface area contributed by atoms with Gasteiger partial charge in [-0.25, -0.2) is 0 Å². The lowest BCUT2D eigenvalue weighted by atomic mass is 10.0. The van der Waals surface area contributed by atoms with Gasteiger partial charge in [-0.15, -0.1) is 0 Å². The molecule has 0 spiro atoms. The van der Waals surface area contributed by atoms with Crippen molar-refractivity contribution in [3.05, 3.63) is 28.8 Å². The molecule has 0 bridgehead atoms. The maximum absolute atomic E-state index is 11.1. The molecule has 0 atom stereocenters. The predicted octanol–water partition coefficient (Wildman–Crippen LogP) is 2.88. The van der Waals surface area contributed by atoms with Gasteiger partial charge in [-0.1, -0.05) is 25.0 Å². The van der Waals surface area contributed by atoms with Crippen LogP contribution in [0.4, 0.5) is 5.69 Å². The average Bonchev–Trinajstić information content (AvgIpc) is 2.31. The van der Waals surface area contributed by atoms with Gasteiger partial charge in [-0.3, -0.25) is 9.59 Å². The molecule has 1 aromatic carbocycles. The maximum Gasteiger partial charge on any atom is 0.214 e. The van der Waals surface area contributed by atoms with Gasteiger partial charge in [-0.2, -0.15) is 0 Å². The zero-order chi connectivity index (χ0) is 12.8. The van der Waals surface area contributed by atoms with Crippen LogP contribution < -0.4 is 4.90 Å². The Hall–Kier alpha value is -1.64. The van der Waals surface area contributed by atoms with Crippen LogP contribution in [0.5, 0.6) is 0 Å². The van der Waals surface area contributed by atoms with Crippen LogP contribution in [-0.4, -0.2) is 19.2 Å². The third kappa shape index (κ3) is 3.16. The molecule has 17 heavy (non-hydrogen) atoms. The van der Waals surface area contributed by atoms with Gasteiger partial charge in [0.1, 0.15) is 0 Å². The Kier molecular flexibility index (Phi) is 4.88. The predicted molar refractivity (Wildman–Crippen MR) is 69.6 cm³/mol. The van der Waals surface area contributed by atoms with Crippen molar-refractivity contribution in [1.82, 2.24) is 0 Å². The highest BCUT2D eigenvalue weighted by Gasteiger charge is 2.13. The smallest absolute Gasteiger partial charge is 0.214 e. The molecule has 0 saturated carbocycles. The van der Waals surface area contributed by atoms with Crippen LogP contribution in [0, 0.1) is 13.8 Å². The van der Waals surface area contributed by atoms with E-state index in [0.29, 0.717) is 12.1 Å². The normalized spacial score (nSPS) is 10.1. The minimum atomic E-state index is 0.589. The number of carbonyl (C=O) groups excluding carboxylic acids is 2. The molecule has 0 saturated heterocycles. The van der Waals surface area contributed by atoms with E-state index in [2.05, 4.69) is 6.92 Å². The van der Waals surface area contributed by atoms with Crippen molar-refractivity contribution >= 4 is 18.4 Å². The van der Waals surface area contributed by atoms with Crippen LogP contribution in [0.3, 0.4) is 0 Å². The third-order valence-electron chi connectivity index (χ3n) is 2.77. The van der Waals surface area contributed by atoms with Crippen molar-refractivity contribution in [2.45, 2.75) is 33.6 Å². The molecule has 1 amide bonds. The van der Waals surface area contributed by atoms with Crippen molar-refractivity contribution in [2.24, 2.45) is 0 Å². The summed E-state index contributed by atoms with van der Waals surface area (Å²) in [5.41, 5.74) is 3.34. The van der Waals surface area contributed by atoms with Gasteiger partial charge in [-0.05, 0) is 31.9 Å². The molecule has 1 aromatic rings. The number of anilines is 1. The summed E-state index contributed by atoms with van der Waals surface area (Å²) in [7, 11) is 0. The Morgan fingerprint density at radius 3 is 2.47 bits per heavy atom. The molecule has 92 valence electrons. The van der Waals surface area contributed by atoms with Crippen LogP contribution in [0.25, 0.3) is 0 Å². The van der Waals surface area contributed by atoms with E-state index in [4.69, 9.17) is 0 Å². The number of rotatable bonds is 6. The van der Waals surface area contributed by atoms with Gasteiger partial charge in [0.15, 0.2) is 6.29 Å². The van der Waals surface area contributed by atoms with Crippen LogP contribution in [0.1, 0.15) is 41.3 Å². The highest BCUT2D eigenvalue weighted by Crippen LogP contribution is 2.25. The van der Waals surface area contributed by atoms with E-state index in [1.54, 1.807) is 4.90 Å². The molecule has 3 heteroatoms. The fraction of sp³-hybridized carbons (Fsp3) is 0.429. The number of amides is 1. The SMILES string of the molecule is CCCCN(C=O)c1c(C)cc(C)cc1C=O. The van der Waals surface area contributed by atoms with E-state index in [1.807, 2.05) is 26.0 Å². The van der Waals surface area contributed by atoms with Crippen LogP contribution in [-0.2, 0) is 4.79 Å². The standard InChI is InChI=1S/C14H19NO2/c1-4-5-6-15(10-17)14-12(3)7-11(2)8-13(14)9-16/h7-10H,4-6H2,1-3H3. The fourth-order valence-electron chi connectivity index (χ4n) is 2.02. The fourth-order valence-corrected chi connectivity index (χ4v) is 2.02. The van der Waals surface area contributed by atoms with Gasteiger partial charge in [0.2, 0.25) is 6.41 Å². The first-order valence-corrected chi connectivity index (χ1v) is 5.92. The molecule has 3 nitrogen and oxygen atoms in total. The van der Waals surface area contributed by atoms with Crippen LogP contribution in [0.15, 0.2) is 12.1 Å². The molecular weight excluding hydrogens is 214 g/mol. The number of benzene rings is 1. The summed E-state index contributed by atoms with van der Waals surface area (Å²) in [5.74, 6) is 0. The van der Waals surface area contributed by atoms with Crippen molar-refractivity contribution in [1.29, 1.82) is 0 Å². The van der Waals surface area contributed by atoms with Gasteiger partial charge in [0.25, 0.3) is 0 Å². The first-order chi connectivity index (χ1) is 8.13. The number of unbranched alkanes of at least 4 members (excludes halogenated alkanes) is 1. The van der Waals surface area contributed by atoms with E-state index in [9.17, 15) is 9.59 Å². The Morgan fingerprint density at radius 1 is 1.24 bits per heavy atom. The van der Waals surface area contributed by atoms with Crippen LogP contribution in [0.2, 0.25) is 0 Å². The summed E-state index contributed by atoms with van der Waals surface area (Å²) >= 11 is 0. The highest BCUT2D eigenvalue weighted by molar-refractivity contribution is 5.91. The summed E-state index contributed by atoms with van der Waals surface area (Å²) in [6.07, 6.45) is 3.58. The summed E-state index contributed by atoms with van der Waals surface area (Å²) < 4.78 is 0. The van der Waals surface area contributed by atoms with Gasteiger partial charge < -0.3 is 4.90 Å². The molecule has 0 aliphatic carbocycles. The zero-order valence-electron chi connectivity index (χ0n) is 10.7. The maximum atomic E-state index is 11.1. The van der Waals surface area contributed by atoms with Gasteiger partial charge in [0, 0.05) is 12.1 Å². The first-order valence-electron chi connectivity index (χ1n) is 5.92. The number of nitrogens with zero attached hydrogens (tertiary/aromatic N) is 1. The lowest BCUT2D eigenvalue weighted by Crippen LogP contribution is -2.24. The van der Waals surface area contributed by atoms with Gasteiger partial charge >= 0.3 is 0 Å². The molecule has 0 fully saturated rings. The number of aldehydes is 1. The lowest BCUT2D eigenvalue weighted by molar-refractivity contribution is -0.107. The molecule has 1 rings (SSSR count). The minimum Gasteiger partial charge on any atom is -0.314 e. The lowest BCUT2D eigenvalue weighted by Gasteiger charge is -2.21. The van der Waals surface area contributed by atoms with Crippen LogP contribution >= 0.6 is 0 Å².